The van der Waals surface area contributed by atoms with Gasteiger partial charge >= 0.3 is 0 Å². The van der Waals surface area contributed by atoms with E-state index in [1.165, 1.54) is 30.4 Å². The zero-order valence-corrected chi connectivity index (χ0v) is 16.5. The maximum Gasteiger partial charge on any atom is 0.261 e. The van der Waals surface area contributed by atoms with E-state index in [1.54, 1.807) is 6.20 Å². The van der Waals surface area contributed by atoms with Gasteiger partial charge in [0.25, 0.3) is 5.91 Å². The highest BCUT2D eigenvalue weighted by atomic mass is 19.1. The first kappa shape index (κ1) is 19.0. The van der Waals surface area contributed by atoms with Gasteiger partial charge in [-0.25, -0.2) is 8.78 Å². The third-order valence-corrected chi connectivity index (χ3v) is 6.64. The minimum Gasteiger partial charge on any atom is -0.324 e. The number of aromatic nitrogens is 1. The SMILES string of the molecule is CC1=C(C2=NC=C(NC(=O)c3c(F)cncc3F)C(C)C(C)C2)C2(CC1)CC2. The molecule has 4 rings (SSSR count). The summed E-state index contributed by atoms with van der Waals surface area (Å²) in [5, 5.41) is 2.69. The maximum atomic E-state index is 13.9. The molecule has 6 heteroatoms. The van der Waals surface area contributed by atoms with Crippen LogP contribution in [0, 0.1) is 28.9 Å². The van der Waals surface area contributed by atoms with Gasteiger partial charge in [-0.05, 0) is 55.9 Å². The van der Waals surface area contributed by atoms with Crippen LogP contribution in [0.4, 0.5) is 8.78 Å². The van der Waals surface area contributed by atoms with Crippen molar-refractivity contribution in [1.82, 2.24) is 10.3 Å². The first-order valence-electron chi connectivity index (χ1n) is 9.90. The van der Waals surface area contributed by atoms with Gasteiger partial charge < -0.3 is 5.32 Å². The van der Waals surface area contributed by atoms with Gasteiger partial charge in [0, 0.05) is 23.5 Å². The number of pyridine rings is 1. The number of halogens is 2. The number of nitrogens with one attached hydrogen (secondary N) is 1. The Morgan fingerprint density at radius 3 is 2.50 bits per heavy atom. The number of hydrogen-bond donors (Lipinski definition) is 1. The van der Waals surface area contributed by atoms with Crippen molar-refractivity contribution in [1.29, 1.82) is 0 Å². The molecule has 1 spiro atoms. The van der Waals surface area contributed by atoms with Gasteiger partial charge in [0.1, 0.15) is 5.56 Å². The summed E-state index contributed by atoms with van der Waals surface area (Å²) in [5.41, 5.74) is 4.26. The number of carbonyl (C=O) groups is 1. The molecule has 0 bridgehead atoms. The van der Waals surface area contributed by atoms with E-state index in [1.807, 2.05) is 6.92 Å². The first-order valence-corrected chi connectivity index (χ1v) is 9.90. The molecule has 1 fully saturated rings. The summed E-state index contributed by atoms with van der Waals surface area (Å²) < 4.78 is 27.8. The smallest absolute Gasteiger partial charge is 0.261 e. The third-order valence-electron chi connectivity index (χ3n) is 6.64. The van der Waals surface area contributed by atoms with Crippen LogP contribution in [0.2, 0.25) is 0 Å². The highest BCUT2D eigenvalue weighted by molar-refractivity contribution is 6.04. The molecular weight excluding hydrogens is 360 g/mol. The summed E-state index contributed by atoms with van der Waals surface area (Å²) in [6, 6.07) is 0. The molecule has 3 aliphatic rings. The van der Waals surface area contributed by atoms with Crippen LogP contribution in [-0.2, 0) is 0 Å². The molecule has 2 atom stereocenters. The molecule has 1 amide bonds. The van der Waals surface area contributed by atoms with E-state index in [9.17, 15) is 13.6 Å². The molecular formula is C22H25F2N3O. The fourth-order valence-corrected chi connectivity index (χ4v) is 4.57. The summed E-state index contributed by atoms with van der Waals surface area (Å²) in [7, 11) is 0. The molecule has 0 aromatic carbocycles. The van der Waals surface area contributed by atoms with Crippen LogP contribution in [0.5, 0.6) is 0 Å². The zero-order chi connectivity index (χ0) is 20.1. The second-order valence-corrected chi connectivity index (χ2v) is 8.50. The van der Waals surface area contributed by atoms with Gasteiger partial charge in [0.2, 0.25) is 0 Å². The summed E-state index contributed by atoms with van der Waals surface area (Å²) >= 11 is 0. The lowest BCUT2D eigenvalue weighted by molar-refractivity contribution is 0.0951. The fraction of sp³-hybridized carbons (Fsp3) is 0.500. The Kier molecular flexibility index (Phi) is 4.68. The number of allylic oxidation sites excluding steroid dienone is 3. The Labute approximate surface area is 163 Å². The number of rotatable bonds is 3. The summed E-state index contributed by atoms with van der Waals surface area (Å²) in [6.45, 7) is 6.34. The molecule has 2 unspecified atom stereocenters. The second-order valence-electron chi connectivity index (χ2n) is 8.50. The summed E-state index contributed by atoms with van der Waals surface area (Å²) in [6.07, 6.45) is 9.00. The minimum absolute atomic E-state index is 0.00984. The van der Waals surface area contributed by atoms with Gasteiger partial charge in [0.05, 0.1) is 12.4 Å². The van der Waals surface area contributed by atoms with E-state index >= 15 is 0 Å². The predicted octanol–water partition coefficient (Wildman–Crippen LogP) is 4.94. The van der Waals surface area contributed by atoms with Crippen LogP contribution < -0.4 is 5.32 Å². The minimum atomic E-state index is -0.973. The largest absolute Gasteiger partial charge is 0.324 e. The van der Waals surface area contributed by atoms with Gasteiger partial charge in [-0.3, -0.25) is 14.8 Å². The van der Waals surface area contributed by atoms with Crippen LogP contribution in [0.1, 0.15) is 63.2 Å². The molecule has 28 heavy (non-hydrogen) atoms. The molecule has 1 aliphatic heterocycles. The molecule has 0 radical (unpaired) electrons. The quantitative estimate of drug-likeness (QED) is 0.801. The number of carbonyl (C=O) groups excluding carboxylic acids is 1. The van der Waals surface area contributed by atoms with Crippen LogP contribution in [-0.4, -0.2) is 16.6 Å². The average molecular weight is 385 g/mol. The molecule has 2 heterocycles. The molecule has 1 saturated carbocycles. The molecule has 1 aromatic rings. The Morgan fingerprint density at radius 1 is 1.18 bits per heavy atom. The average Bonchev–Trinajstić information content (AvgIpc) is 3.36. The van der Waals surface area contributed by atoms with Gasteiger partial charge in [-0.15, -0.1) is 0 Å². The molecule has 0 saturated heterocycles. The van der Waals surface area contributed by atoms with Crippen molar-refractivity contribution in [3.8, 4) is 0 Å². The molecule has 1 aromatic heterocycles. The van der Waals surface area contributed by atoms with Crippen molar-refractivity contribution < 1.29 is 13.6 Å². The van der Waals surface area contributed by atoms with Crippen molar-refractivity contribution in [2.45, 2.75) is 52.9 Å². The van der Waals surface area contributed by atoms with Crippen molar-refractivity contribution >= 4 is 11.6 Å². The van der Waals surface area contributed by atoms with Crippen LogP contribution in [0.25, 0.3) is 0 Å². The number of nitrogens with zero attached hydrogens (tertiary/aromatic N) is 2. The van der Waals surface area contributed by atoms with Crippen LogP contribution >= 0.6 is 0 Å². The van der Waals surface area contributed by atoms with Crippen molar-refractivity contribution in [3.63, 3.8) is 0 Å². The highest BCUT2D eigenvalue weighted by Gasteiger charge is 2.50. The van der Waals surface area contributed by atoms with Crippen molar-refractivity contribution in [3.05, 3.63) is 52.6 Å². The Morgan fingerprint density at radius 2 is 1.86 bits per heavy atom. The van der Waals surface area contributed by atoms with E-state index in [0.29, 0.717) is 11.1 Å². The van der Waals surface area contributed by atoms with Crippen molar-refractivity contribution in [2.75, 3.05) is 0 Å². The molecule has 1 N–H and O–H groups in total. The Hall–Kier alpha value is -2.37. The lowest BCUT2D eigenvalue weighted by Gasteiger charge is -2.23. The van der Waals surface area contributed by atoms with E-state index in [0.717, 1.165) is 30.9 Å². The maximum absolute atomic E-state index is 13.9. The van der Waals surface area contributed by atoms with E-state index < -0.39 is 23.1 Å². The lowest BCUT2D eigenvalue weighted by Crippen LogP contribution is -2.30. The zero-order valence-electron chi connectivity index (χ0n) is 16.5. The Bertz CT molecular complexity index is 907. The van der Waals surface area contributed by atoms with Gasteiger partial charge in [0.15, 0.2) is 11.6 Å². The first-order chi connectivity index (χ1) is 13.3. The van der Waals surface area contributed by atoms with E-state index in [-0.39, 0.29) is 11.8 Å². The second kappa shape index (κ2) is 6.90. The third kappa shape index (κ3) is 3.19. The summed E-state index contributed by atoms with van der Waals surface area (Å²) in [5.74, 6) is -2.50. The van der Waals surface area contributed by atoms with Gasteiger partial charge in [-0.2, -0.15) is 0 Å². The topological polar surface area (TPSA) is 54.4 Å². The predicted molar refractivity (Wildman–Crippen MR) is 104 cm³/mol. The van der Waals surface area contributed by atoms with E-state index in [2.05, 4.69) is 24.1 Å². The normalized spacial score (nSPS) is 26.0. The number of amides is 1. The fourth-order valence-electron chi connectivity index (χ4n) is 4.57. The monoisotopic (exact) mass is 385 g/mol. The molecule has 2 aliphatic carbocycles. The lowest BCUT2D eigenvalue weighted by atomic mass is 9.84. The van der Waals surface area contributed by atoms with Crippen molar-refractivity contribution in [2.24, 2.45) is 22.2 Å². The van der Waals surface area contributed by atoms with Crippen LogP contribution in [0.3, 0.4) is 0 Å². The number of hydrogen-bond acceptors (Lipinski definition) is 3. The molecule has 4 nitrogen and oxygen atoms in total. The van der Waals surface area contributed by atoms with Crippen LogP contribution in [0.15, 0.2) is 40.4 Å². The van der Waals surface area contributed by atoms with E-state index in [4.69, 9.17) is 4.99 Å². The Balaban J connectivity index is 1.63. The highest BCUT2D eigenvalue weighted by Crippen LogP contribution is 2.61. The standard InChI is InChI=1S/C22H25F2N3O/c1-12-4-5-22(6-7-22)20(12)17-8-13(2)14(3)18(11-26-17)27-21(28)19-15(23)9-25-10-16(19)24/h9-11,13-14H,4-8H2,1-3H3,(H,27,28). The molecule has 148 valence electrons. The van der Waals surface area contributed by atoms with Gasteiger partial charge in [-0.1, -0.05) is 19.4 Å². The number of aliphatic imine (C=N–C) groups is 1. The summed E-state index contributed by atoms with van der Waals surface area (Å²) in [4.78, 5) is 20.7.